The van der Waals surface area contributed by atoms with Crippen LogP contribution < -0.4 is 10.6 Å². The average molecular weight is 282 g/mol. The van der Waals surface area contributed by atoms with E-state index in [0.29, 0.717) is 19.5 Å². The van der Waals surface area contributed by atoms with Crippen molar-refractivity contribution in [3.05, 3.63) is 35.4 Å². The van der Waals surface area contributed by atoms with Gasteiger partial charge >= 0.3 is 12.0 Å². The van der Waals surface area contributed by atoms with Gasteiger partial charge in [0.25, 0.3) is 0 Å². The van der Waals surface area contributed by atoms with E-state index in [1.807, 2.05) is 6.26 Å². The highest BCUT2D eigenvalue weighted by molar-refractivity contribution is 7.98. The number of amides is 2. The van der Waals surface area contributed by atoms with Gasteiger partial charge in [-0.05, 0) is 24.3 Å². The number of thioether (sulfide) groups is 1. The van der Waals surface area contributed by atoms with E-state index in [9.17, 15) is 9.59 Å². The maximum atomic E-state index is 11.4. The zero-order valence-corrected chi connectivity index (χ0v) is 11.6. The first-order valence-electron chi connectivity index (χ1n) is 5.97. The molecule has 0 aliphatic rings. The molecule has 0 fully saturated rings. The van der Waals surface area contributed by atoms with Crippen LogP contribution in [0.25, 0.3) is 0 Å². The summed E-state index contributed by atoms with van der Waals surface area (Å²) >= 11 is 1.66. The molecule has 104 valence electrons. The van der Waals surface area contributed by atoms with Crippen molar-refractivity contribution in [1.82, 2.24) is 10.6 Å². The SMILES string of the molecule is CSCCNC(=O)NCCc1ccccc1C(=O)O. The molecule has 0 bridgehead atoms. The predicted molar refractivity (Wildman–Crippen MR) is 76.9 cm³/mol. The molecule has 0 unspecified atom stereocenters. The van der Waals surface area contributed by atoms with Crippen molar-refractivity contribution in [2.24, 2.45) is 0 Å². The first kappa shape index (κ1) is 15.4. The Morgan fingerprint density at radius 3 is 2.58 bits per heavy atom. The van der Waals surface area contributed by atoms with Gasteiger partial charge in [-0.3, -0.25) is 0 Å². The van der Waals surface area contributed by atoms with Crippen LogP contribution >= 0.6 is 11.8 Å². The second kappa shape index (κ2) is 8.42. The molecule has 5 nitrogen and oxygen atoms in total. The van der Waals surface area contributed by atoms with Gasteiger partial charge in [-0.15, -0.1) is 0 Å². The van der Waals surface area contributed by atoms with Crippen LogP contribution in [0.3, 0.4) is 0 Å². The van der Waals surface area contributed by atoms with Gasteiger partial charge in [0.2, 0.25) is 0 Å². The monoisotopic (exact) mass is 282 g/mol. The first-order chi connectivity index (χ1) is 9.15. The van der Waals surface area contributed by atoms with Crippen molar-refractivity contribution >= 4 is 23.8 Å². The van der Waals surface area contributed by atoms with Gasteiger partial charge in [0, 0.05) is 18.8 Å². The van der Waals surface area contributed by atoms with E-state index in [4.69, 9.17) is 5.11 Å². The molecule has 6 heteroatoms. The summed E-state index contributed by atoms with van der Waals surface area (Å²) in [6, 6.07) is 6.59. The summed E-state index contributed by atoms with van der Waals surface area (Å²) in [6.07, 6.45) is 2.47. The van der Waals surface area contributed by atoms with E-state index in [1.165, 1.54) is 0 Å². The van der Waals surface area contributed by atoms with E-state index in [0.717, 1.165) is 11.3 Å². The molecule has 3 N–H and O–H groups in total. The largest absolute Gasteiger partial charge is 0.478 e. The Labute approximate surface area is 116 Å². The summed E-state index contributed by atoms with van der Waals surface area (Å²) in [5, 5.41) is 14.4. The number of urea groups is 1. The van der Waals surface area contributed by atoms with Gasteiger partial charge in [-0.1, -0.05) is 18.2 Å². The zero-order chi connectivity index (χ0) is 14.1. The third kappa shape index (κ3) is 5.65. The van der Waals surface area contributed by atoms with Gasteiger partial charge in [-0.2, -0.15) is 11.8 Å². The molecule has 0 radical (unpaired) electrons. The number of rotatable bonds is 7. The number of carbonyl (C=O) groups excluding carboxylic acids is 1. The molecule has 0 aromatic heterocycles. The minimum Gasteiger partial charge on any atom is -0.478 e. The molecule has 19 heavy (non-hydrogen) atoms. The third-order valence-electron chi connectivity index (χ3n) is 2.52. The summed E-state index contributed by atoms with van der Waals surface area (Å²) < 4.78 is 0. The molecule has 0 saturated heterocycles. The van der Waals surface area contributed by atoms with Gasteiger partial charge in [0.15, 0.2) is 0 Å². The number of benzene rings is 1. The maximum Gasteiger partial charge on any atom is 0.335 e. The standard InChI is InChI=1S/C13H18N2O3S/c1-19-9-8-15-13(18)14-7-6-10-4-2-3-5-11(10)12(16)17/h2-5H,6-9H2,1H3,(H,16,17)(H2,14,15,18). The lowest BCUT2D eigenvalue weighted by molar-refractivity contribution is 0.0695. The van der Waals surface area contributed by atoms with E-state index in [-0.39, 0.29) is 11.6 Å². The number of aromatic carboxylic acids is 1. The highest BCUT2D eigenvalue weighted by atomic mass is 32.2. The highest BCUT2D eigenvalue weighted by Gasteiger charge is 2.08. The molecule has 1 aromatic rings. The van der Waals surface area contributed by atoms with Crippen LogP contribution in [0.1, 0.15) is 15.9 Å². The number of hydrogen-bond donors (Lipinski definition) is 3. The predicted octanol–water partition coefficient (Wildman–Crippen LogP) is 1.59. The van der Waals surface area contributed by atoms with E-state index in [2.05, 4.69) is 10.6 Å². The van der Waals surface area contributed by atoms with Crippen molar-refractivity contribution in [3.63, 3.8) is 0 Å². The van der Waals surface area contributed by atoms with Crippen LogP contribution in [0, 0.1) is 0 Å². The van der Waals surface area contributed by atoms with E-state index in [1.54, 1.807) is 36.0 Å². The Balaban J connectivity index is 2.37. The molecule has 0 atom stereocenters. The summed E-state index contributed by atoms with van der Waals surface area (Å²) in [5.41, 5.74) is 1.01. The summed E-state index contributed by atoms with van der Waals surface area (Å²) in [5.74, 6) is -0.0741. The van der Waals surface area contributed by atoms with Crippen LogP contribution in [-0.2, 0) is 6.42 Å². The lowest BCUT2D eigenvalue weighted by Crippen LogP contribution is -2.37. The van der Waals surface area contributed by atoms with Crippen molar-refractivity contribution in [2.75, 3.05) is 25.1 Å². The van der Waals surface area contributed by atoms with Crippen molar-refractivity contribution in [2.45, 2.75) is 6.42 Å². The van der Waals surface area contributed by atoms with E-state index < -0.39 is 5.97 Å². The van der Waals surface area contributed by atoms with Gasteiger partial charge < -0.3 is 15.7 Å². The minimum absolute atomic E-state index is 0.221. The lowest BCUT2D eigenvalue weighted by Gasteiger charge is -2.08. The molecule has 0 saturated carbocycles. The van der Waals surface area contributed by atoms with Gasteiger partial charge in [0.1, 0.15) is 0 Å². The fraction of sp³-hybridized carbons (Fsp3) is 0.385. The zero-order valence-electron chi connectivity index (χ0n) is 10.8. The molecule has 1 aromatic carbocycles. The number of carboxylic acid groups (broad SMARTS) is 1. The minimum atomic E-state index is -0.944. The van der Waals surface area contributed by atoms with Crippen LogP contribution in [-0.4, -0.2) is 42.2 Å². The summed E-state index contributed by atoms with van der Waals surface area (Å²) in [7, 11) is 0. The lowest BCUT2D eigenvalue weighted by atomic mass is 10.0. The average Bonchev–Trinajstić information content (AvgIpc) is 2.39. The van der Waals surface area contributed by atoms with Crippen LogP contribution in [0.15, 0.2) is 24.3 Å². The molecule has 0 aliphatic heterocycles. The van der Waals surface area contributed by atoms with E-state index >= 15 is 0 Å². The Bertz CT molecular complexity index is 438. The van der Waals surface area contributed by atoms with Gasteiger partial charge in [0.05, 0.1) is 5.56 Å². The summed E-state index contributed by atoms with van der Waals surface area (Å²) in [4.78, 5) is 22.4. The van der Waals surface area contributed by atoms with Crippen LogP contribution in [0.5, 0.6) is 0 Å². The summed E-state index contributed by atoms with van der Waals surface area (Å²) in [6.45, 7) is 1.04. The van der Waals surface area contributed by atoms with Crippen molar-refractivity contribution in [3.8, 4) is 0 Å². The molecule has 2 amide bonds. The smallest absolute Gasteiger partial charge is 0.335 e. The molecular weight excluding hydrogens is 264 g/mol. The molecule has 0 heterocycles. The second-order valence-electron chi connectivity index (χ2n) is 3.89. The third-order valence-corrected chi connectivity index (χ3v) is 3.13. The van der Waals surface area contributed by atoms with Crippen LogP contribution in [0.4, 0.5) is 4.79 Å². The maximum absolute atomic E-state index is 11.4. The number of carboxylic acids is 1. The quantitative estimate of drug-likeness (QED) is 0.664. The molecule has 0 aliphatic carbocycles. The number of hydrogen-bond acceptors (Lipinski definition) is 3. The van der Waals surface area contributed by atoms with Gasteiger partial charge in [-0.25, -0.2) is 9.59 Å². The Hall–Kier alpha value is -1.69. The Kier molecular flexibility index (Phi) is 6.81. The fourth-order valence-corrected chi connectivity index (χ4v) is 1.89. The molecule has 1 rings (SSSR count). The van der Waals surface area contributed by atoms with Crippen LogP contribution in [0.2, 0.25) is 0 Å². The molecular formula is C13H18N2O3S. The highest BCUT2D eigenvalue weighted by Crippen LogP contribution is 2.08. The van der Waals surface area contributed by atoms with Crippen molar-refractivity contribution in [1.29, 1.82) is 0 Å². The molecule has 0 spiro atoms. The number of carbonyl (C=O) groups is 2. The number of nitrogens with one attached hydrogen (secondary N) is 2. The first-order valence-corrected chi connectivity index (χ1v) is 7.36. The topological polar surface area (TPSA) is 78.4 Å². The Morgan fingerprint density at radius 2 is 1.89 bits per heavy atom. The fourth-order valence-electron chi connectivity index (χ4n) is 1.59. The second-order valence-corrected chi connectivity index (χ2v) is 4.87. The van der Waals surface area contributed by atoms with Crippen molar-refractivity contribution < 1.29 is 14.7 Å². The Morgan fingerprint density at radius 1 is 1.21 bits per heavy atom. The normalized spacial score (nSPS) is 9.95.